The smallest absolute Gasteiger partial charge is 0.129 e. The van der Waals surface area contributed by atoms with E-state index in [1.807, 2.05) is 57.3 Å². The van der Waals surface area contributed by atoms with Crippen molar-refractivity contribution in [1.82, 2.24) is 4.98 Å². The number of benzene rings is 1. The van der Waals surface area contributed by atoms with Crippen LogP contribution in [0, 0.1) is 6.92 Å². The number of hydrogen-bond acceptors (Lipinski definition) is 3. The normalized spacial score (nSPS) is 10.7. The first-order valence-corrected chi connectivity index (χ1v) is 6.05. The highest BCUT2D eigenvalue weighted by Gasteiger charge is 2.08. The fraction of sp³-hybridized carbons (Fsp3) is 0.267. The van der Waals surface area contributed by atoms with Gasteiger partial charge in [-0.15, -0.1) is 0 Å². The van der Waals surface area contributed by atoms with Crippen LogP contribution < -0.4 is 10.5 Å². The molecule has 94 valence electrons. The van der Waals surface area contributed by atoms with Gasteiger partial charge in [0, 0.05) is 34.8 Å². The van der Waals surface area contributed by atoms with Crippen LogP contribution in [-0.4, -0.2) is 11.1 Å². The number of aryl methyl sites for hydroxylation is 1. The molecular formula is C15H18N2O. The second kappa shape index (κ2) is 5.08. The Labute approximate surface area is 108 Å². The molecule has 0 amide bonds. The van der Waals surface area contributed by atoms with Gasteiger partial charge in [-0.1, -0.05) is 6.07 Å². The Bertz CT molecular complexity index is 533. The van der Waals surface area contributed by atoms with Crippen LogP contribution in [-0.2, 0) is 0 Å². The SMILES string of the molecule is Cc1ccc(-c2ccc(N)cc2OC(C)C)cn1. The third kappa shape index (κ3) is 2.80. The van der Waals surface area contributed by atoms with Crippen molar-refractivity contribution in [1.29, 1.82) is 0 Å². The Morgan fingerprint density at radius 2 is 1.94 bits per heavy atom. The fourth-order valence-corrected chi connectivity index (χ4v) is 1.76. The maximum Gasteiger partial charge on any atom is 0.129 e. The molecule has 0 aliphatic heterocycles. The monoisotopic (exact) mass is 242 g/mol. The van der Waals surface area contributed by atoms with Crippen LogP contribution >= 0.6 is 0 Å². The van der Waals surface area contributed by atoms with Crippen LogP contribution in [0.3, 0.4) is 0 Å². The summed E-state index contributed by atoms with van der Waals surface area (Å²) in [6.07, 6.45) is 1.97. The molecule has 2 rings (SSSR count). The molecule has 2 N–H and O–H groups in total. The Balaban J connectivity index is 2.45. The van der Waals surface area contributed by atoms with Gasteiger partial charge in [0.1, 0.15) is 5.75 Å². The zero-order valence-corrected chi connectivity index (χ0v) is 11.0. The molecule has 0 atom stereocenters. The number of ether oxygens (including phenoxy) is 1. The van der Waals surface area contributed by atoms with Crippen molar-refractivity contribution in [3.8, 4) is 16.9 Å². The standard InChI is InChI=1S/C15H18N2O/c1-10(2)18-15-8-13(16)6-7-14(15)12-5-4-11(3)17-9-12/h4-10H,16H2,1-3H3. The van der Waals surface area contributed by atoms with Crippen molar-refractivity contribution in [3.63, 3.8) is 0 Å². The van der Waals surface area contributed by atoms with Gasteiger partial charge < -0.3 is 10.5 Å². The summed E-state index contributed by atoms with van der Waals surface area (Å²) >= 11 is 0. The van der Waals surface area contributed by atoms with E-state index < -0.39 is 0 Å². The first kappa shape index (κ1) is 12.4. The molecule has 0 saturated carbocycles. The topological polar surface area (TPSA) is 48.1 Å². The summed E-state index contributed by atoms with van der Waals surface area (Å²) in [5.41, 5.74) is 9.57. The Morgan fingerprint density at radius 3 is 2.56 bits per heavy atom. The molecule has 1 aromatic heterocycles. The zero-order chi connectivity index (χ0) is 13.1. The van der Waals surface area contributed by atoms with Gasteiger partial charge in [-0.2, -0.15) is 0 Å². The van der Waals surface area contributed by atoms with Gasteiger partial charge in [-0.25, -0.2) is 0 Å². The van der Waals surface area contributed by atoms with Crippen LogP contribution in [0.25, 0.3) is 11.1 Å². The van der Waals surface area contributed by atoms with Gasteiger partial charge in [0.05, 0.1) is 6.10 Å². The van der Waals surface area contributed by atoms with Crippen LogP contribution in [0.4, 0.5) is 5.69 Å². The van der Waals surface area contributed by atoms with Gasteiger partial charge in [-0.3, -0.25) is 4.98 Å². The molecule has 0 radical (unpaired) electrons. The number of nitrogens with zero attached hydrogens (tertiary/aromatic N) is 1. The minimum absolute atomic E-state index is 0.115. The maximum absolute atomic E-state index is 5.81. The van der Waals surface area contributed by atoms with Crippen LogP contribution in [0.2, 0.25) is 0 Å². The Kier molecular flexibility index (Phi) is 3.51. The third-order valence-electron chi connectivity index (χ3n) is 2.59. The molecule has 18 heavy (non-hydrogen) atoms. The van der Waals surface area contributed by atoms with Crippen molar-refractivity contribution in [2.45, 2.75) is 26.9 Å². The predicted molar refractivity (Wildman–Crippen MR) is 74.6 cm³/mol. The molecule has 3 nitrogen and oxygen atoms in total. The van der Waals surface area contributed by atoms with E-state index in [0.717, 1.165) is 22.6 Å². The predicted octanol–water partition coefficient (Wildman–Crippen LogP) is 3.43. The van der Waals surface area contributed by atoms with Crippen LogP contribution in [0.1, 0.15) is 19.5 Å². The van der Waals surface area contributed by atoms with Crippen LogP contribution in [0.5, 0.6) is 5.75 Å². The fourth-order valence-electron chi connectivity index (χ4n) is 1.76. The molecule has 0 bridgehead atoms. The van der Waals surface area contributed by atoms with E-state index in [4.69, 9.17) is 10.5 Å². The van der Waals surface area contributed by atoms with E-state index in [1.54, 1.807) is 0 Å². The highest BCUT2D eigenvalue weighted by molar-refractivity contribution is 5.72. The minimum Gasteiger partial charge on any atom is -0.490 e. The zero-order valence-electron chi connectivity index (χ0n) is 11.0. The van der Waals surface area contributed by atoms with Crippen molar-refractivity contribution < 1.29 is 4.74 Å². The van der Waals surface area contributed by atoms with Crippen molar-refractivity contribution in [2.24, 2.45) is 0 Å². The second-order valence-electron chi connectivity index (χ2n) is 4.61. The molecular weight excluding hydrogens is 224 g/mol. The summed E-state index contributed by atoms with van der Waals surface area (Å²) in [6.45, 7) is 5.97. The maximum atomic E-state index is 5.81. The van der Waals surface area contributed by atoms with E-state index in [9.17, 15) is 0 Å². The Hall–Kier alpha value is -2.03. The molecule has 0 unspecified atom stereocenters. The summed E-state index contributed by atoms with van der Waals surface area (Å²) < 4.78 is 5.80. The van der Waals surface area contributed by atoms with E-state index in [0.29, 0.717) is 5.69 Å². The summed E-state index contributed by atoms with van der Waals surface area (Å²) in [7, 11) is 0. The molecule has 0 aliphatic rings. The van der Waals surface area contributed by atoms with E-state index in [2.05, 4.69) is 4.98 Å². The quantitative estimate of drug-likeness (QED) is 0.839. The lowest BCUT2D eigenvalue weighted by Gasteiger charge is -2.15. The second-order valence-corrected chi connectivity index (χ2v) is 4.61. The van der Waals surface area contributed by atoms with Gasteiger partial charge in [0.15, 0.2) is 0 Å². The average molecular weight is 242 g/mol. The van der Waals surface area contributed by atoms with Gasteiger partial charge in [0.25, 0.3) is 0 Å². The summed E-state index contributed by atoms with van der Waals surface area (Å²) in [5, 5.41) is 0. The molecule has 3 heteroatoms. The average Bonchev–Trinajstić information content (AvgIpc) is 2.30. The van der Waals surface area contributed by atoms with Gasteiger partial charge >= 0.3 is 0 Å². The highest BCUT2D eigenvalue weighted by Crippen LogP contribution is 2.32. The minimum atomic E-state index is 0.115. The molecule has 0 aliphatic carbocycles. The molecule has 1 aromatic carbocycles. The van der Waals surface area contributed by atoms with Crippen LogP contribution in [0.15, 0.2) is 36.5 Å². The van der Waals surface area contributed by atoms with Crippen molar-refractivity contribution in [2.75, 3.05) is 5.73 Å². The molecule has 1 heterocycles. The summed E-state index contributed by atoms with van der Waals surface area (Å²) in [6, 6.07) is 9.74. The number of nitrogens with two attached hydrogens (primary N) is 1. The third-order valence-corrected chi connectivity index (χ3v) is 2.59. The Morgan fingerprint density at radius 1 is 1.17 bits per heavy atom. The lowest BCUT2D eigenvalue weighted by molar-refractivity contribution is 0.243. The van der Waals surface area contributed by atoms with Gasteiger partial charge in [-0.05, 0) is 39.0 Å². The number of anilines is 1. The molecule has 0 spiro atoms. The highest BCUT2D eigenvalue weighted by atomic mass is 16.5. The summed E-state index contributed by atoms with van der Waals surface area (Å²) in [5.74, 6) is 0.802. The number of nitrogen functional groups attached to an aromatic ring is 1. The first-order chi connectivity index (χ1) is 8.56. The number of pyridine rings is 1. The molecule has 0 fully saturated rings. The molecule has 2 aromatic rings. The van der Waals surface area contributed by atoms with E-state index in [1.165, 1.54) is 0 Å². The largest absolute Gasteiger partial charge is 0.490 e. The lowest BCUT2D eigenvalue weighted by Crippen LogP contribution is -2.07. The number of hydrogen-bond donors (Lipinski definition) is 1. The first-order valence-electron chi connectivity index (χ1n) is 6.05. The van der Waals surface area contributed by atoms with Crippen molar-refractivity contribution in [3.05, 3.63) is 42.2 Å². The van der Waals surface area contributed by atoms with Gasteiger partial charge in [0.2, 0.25) is 0 Å². The molecule has 0 saturated heterocycles. The van der Waals surface area contributed by atoms with E-state index in [-0.39, 0.29) is 6.10 Å². The summed E-state index contributed by atoms with van der Waals surface area (Å²) in [4.78, 5) is 4.31. The number of aromatic nitrogens is 1. The number of rotatable bonds is 3. The lowest BCUT2D eigenvalue weighted by atomic mass is 10.1. The van der Waals surface area contributed by atoms with Crippen molar-refractivity contribution >= 4 is 5.69 Å². The van der Waals surface area contributed by atoms with E-state index >= 15 is 0 Å².